The number of carbonyl (C=O) groups excluding carboxylic acids is 1. The molecule has 23 heavy (non-hydrogen) atoms. The molecular formula is C17H19FN2O3. The van der Waals surface area contributed by atoms with Gasteiger partial charge >= 0.3 is 0 Å². The molecule has 0 fully saturated rings. The molecule has 0 aliphatic rings. The number of nitrogens with zero attached hydrogens (tertiary/aromatic N) is 1. The predicted molar refractivity (Wildman–Crippen MR) is 84.6 cm³/mol. The summed E-state index contributed by atoms with van der Waals surface area (Å²) in [6.45, 7) is 1.76. The Morgan fingerprint density at radius 2 is 1.96 bits per heavy atom. The lowest BCUT2D eigenvalue weighted by Crippen LogP contribution is -2.34. The van der Waals surface area contributed by atoms with E-state index in [0.29, 0.717) is 5.56 Å². The summed E-state index contributed by atoms with van der Waals surface area (Å²) in [5, 5.41) is 12.9. The molecule has 2 rings (SSSR count). The van der Waals surface area contributed by atoms with Crippen LogP contribution in [0, 0.1) is 5.82 Å². The third kappa shape index (κ3) is 4.50. The van der Waals surface area contributed by atoms with E-state index in [9.17, 15) is 19.1 Å². The summed E-state index contributed by atoms with van der Waals surface area (Å²) in [6.07, 6.45) is 0.992. The molecular weight excluding hydrogens is 299 g/mol. The second kappa shape index (κ2) is 7.19. The van der Waals surface area contributed by atoms with Gasteiger partial charge in [-0.15, -0.1) is 0 Å². The average molecular weight is 318 g/mol. The largest absolute Gasteiger partial charge is 0.388 e. The van der Waals surface area contributed by atoms with Crippen LogP contribution in [0.2, 0.25) is 0 Å². The van der Waals surface area contributed by atoms with E-state index in [2.05, 4.69) is 5.32 Å². The van der Waals surface area contributed by atoms with Crippen molar-refractivity contribution in [3.05, 3.63) is 69.9 Å². The maximum absolute atomic E-state index is 12.9. The van der Waals surface area contributed by atoms with Crippen molar-refractivity contribution in [2.24, 2.45) is 7.05 Å². The molecule has 2 unspecified atom stereocenters. The highest BCUT2D eigenvalue weighted by Gasteiger charge is 2.15. The van der Waals surface area contributed by atoms with Gasteiger partial charge in [0, 0.05) is 30.9 Å². The molecule has 6 heteroatoms. The molecule has 0 aliphatic carbocycles. The van der Waals surface area contributed by atoms with Gasteiger partial charge in [-0.25, -0.2) is 4.39 Å². The van der Waals surface area contributed by atoms with Crippen molar-refractivity contribution >= 4 is 5.91 Å². The van der Waals surface area contributed by atoms with Gasteiger partial charge in [-0.1, -0.05) is 12.1 Å². The van der Waals surface area contributed by atoms with Crippen molar-refractivity contribution in [1.82, 2.24) is 9.88 Å². The topological polar surface area (TPSA) is 71.3 Å². The number of hydrogen-bond acceptors (Lipinski definition) is 3. The van der Waals surface area contributed by atoms with Crippen LogP contribution in [0.4, 0.5) is 4.39 Å². The fraction of sp³-hybridized carbons (Fsp3) is 0.294. The van der Waals surface area contributed by atoms with Crippen LogP contribution in [-0.4, -0.2) is 21.6 Å². The number of carbonyl (C=O) groups is 1. The maximum Gasteiger partial charge on any atom is 0.251 e. The number of aryl methyl sites for hydroxylation is 1. The maximum atomic E-state index is 12.9. The minimum absolute atomic E-state index is 0.267. The molecule has 1 aromatic heterocycles. The molecule has 0 saturated heterocycles. The zero-order chi connectivity index (χ0) is 17.0. The normalized spacial score (nSPS) is 13.4. The number of rotatable bonds is 5. The smallest absolute Gasteiger partial charge is 0.251 e. The zero-order valence-electron chi connectivity index (χ0n) is 13.0. The number of aromatic nitrogens is 1. The molecule has 0 spiro atoms. The number of halogens is 1. The highest BCUT2D eigenvalue weighted by atomic mass is 19.1. The van der Waals surface area contributed by atoms with E-state index in [1.165, 1.54) is 41.1 Å². The second-order valence-electron chi connectivity index (χ2n) is 5.54. The summed E-state index contributed by atoms with van der Waals surface area (Å²) in [7, 11) is 1.60. The van der Waals surface area contributed by atoms with Crippen LogP contribution in [0.15, 0.2) is 47.4 Å². The Balaban J connectivity index is 1.96. The number of benzene rings is 1. The van der Waals surface area contributed by atoms with Crippen LogP contribution >= 0.6 is 0 Å². The van der Waals surface area contributed by atoms with Crippen molar-refractivity contribution in [1.29, 1.82) is 0 Å². The zero-order valence-corrected chi connectivity index (χ0v) is 13.0. The highest BCUT2D eigenvalue weighted by Crippen LogP contribution is 2.18. The summed E-state index contributed by atoms with van der Waals surface area (Å²) in [4.78, 5) is 23.6. The summed E-state index contributed by atoms with van der Waals surface area (Å²) in [6, 6.07) is 8.08. The number of amides is 1. The van der Waals surface area contributed by atoms with Crippen LogP contribution in [0.25, 0.3) is 0 Å². The number of aliphatic hydroxyl groups is 1. The Labute approximate surface area is 133 Å². The van der Waals surface area contributed by atoms with Crippen LogP contribution in [-0.2, 0) is 7.05 Å². The lowest BCUT2D eigenvalue weighted by Gasteiger charge is -2.18. The fourth-order valence-electron chi connectivity index (χ4n) is 2.21. The first kappa shape index (κ1) is 16.9. The van der Waals surface area contributed by atoms with Crippen LogP contribution < -0.4 is 10.9 Å². The molecule has 5 nitrogen and oxygen atoms in total. The molecule has 2 atom stereocenters. The minimum atomic E-state index is -0.811. The van der Waals surface area contributed by atoms with Gasteiger partial charge in [-0.2, -0.15) is 0 Å². The van der Waals surface area contributed by atoms with Crippen molar-refractivity contribution < 1.29 is 14.3 Å². The Morgan fingerprint density at radius 3 is 2.57 bits per heavy atom. The molecule has 0 aliphatic heterocycles. The van der Waals surface area contributed by atoms with E-state index >= 15 is 0 Å². The van der Waals surface area contributed by atoms with Crippen LogP contribution in [0.1, 0.15) is 35.4 Å². The van der Waals surface area contributed by atoms with Gasteiger partial charge in [0.2, 0.25) is 0 Å². The summed E-state index contributed by atoms with van der Waals surface area (Å²) < 4.78 is 14.2. The average Bonchev–Trinajstić information content (AvgIpc) is 2.50. The highest BCUT2D eigenvalue weighted by molar-refractivity contribution is 5.94. The Hall–Kier alpha value is -2.47. The summed E-state index contributed by atoms with van der Waals surface area (Å²) in [5.74, 6) is -0.741. The van der Waals surface area contributed by atoms with Crippen molar-refractivity contribution in [2.75, 3.05) is 0 Å². The van der Waals surface area contributed by atoms with Gasteiger partial charge in [0.25, 0.3) is 11.5 Å². The molecule has 2 aromatic rings. The number of nitrogens with one attached hydrogen (secondary N) is 1. The minimum Gasteiger partial charge on any atom is -0.388 e. The van der Waals surface area contributed by atoms with Gasteiger partial charge in [0.05, 0.1) is 6.10 Å². The fourth-order valence-corrected chi connectivity index (χ4v) is 2.21. The first-order valence-corrected chi connectivity index (χ1v) is 7.28. The molecule has 1 heterocycles. The molecule has 0 saturated carbocycles. The van der Waals surface area contributed by atoms with Gasteiger partial charge in [-0.05, 0) is 37.1 Å². The van der Waals surface area contributed by atoms with Gasteiger partial charge in [-0.3, -0.25) is 9.59 Å². The third-order valence-corrected chi connectivity index (χ3v) is 3.58. The van der Waals surface area contributed by atoms with E-state index in [0.717, 1.165) is 0 Å². The third-order valence-electron chi connectivity index (χ3n) is 3.58. The molecule has 2 N–H and O–H groups in total. The molecule has 0 bridgehead atoms. The standard InChI is InChI=1S/C17H19FN2O3/c1-11(9-15(21)12-3-5-14(18)6-4-12)19-17(23)13-7-8-20(2)16(22)10-13/h3-8,10-11,15,21H,9H2,1-2H3,(H,19,23). The molecule has 0 radical (unpaired) electrons. The van der Waals surface area contributed by atoms with E-state index in [1.807, 2.05) is 0 Å². The van der Waals surface area contributed by atoms with Crippen molar-refractivity contribution in [3.8, 4) is 0 Å². The first-order valence-electron chi connectivity index (χ1n) is 7.28. The molecule has 122 valence electrons. The van der Waals surface area contributed by atoms with Gasteiger partial charge in [0.15, 0.2) is 0 Å². The van der Waals surface area contributed by atoms with Gasteiger partial charge < -0.3 is 15.0 Å². The van der Waals surface area contributed by atoms with Gasteiger partial charge in [0.1, 0.15) is 5.82 Å². The van der Waals surface area contributed by atoms with Crippen molar-refractivity contribution in [2.45, 2.75) is 25.5 Å². The van der Waals surface area contributed by atoms with Crippen molar-refractivity contribution in [3.63, 3.8) is 0 Å². The lowest BCUT2D eigenvalue weighted by molar-refractivity contribution is 0.0916. The van der Waals surface area contributed by atoms with Crippen LogP contribution in [0.5, 0.6) is 0 Å². The monoisotopic (exact) mass is 318 g/mol. The summed E-state index contributed by atoms with van der Waals surface area (Å²) >= 11 is 0. The SMILES string of the molecule is CC(CC(O)c1ccc(F)cc1)NC(=O)c1ccn(C)c(=O)c1. The first-order chi connectivity index (χ1) is 10.9. The molecule has 1 aromatic carbocycles. The van der Waals surface area contributed by atoms with E-state index in [1.54, 1.807) is 20.0 Å². The van der Waals surface area contributed by atoms with E-state index < -0.39 is 6.10 Å². The lowest BCUT2D eigenvalue weighted by atomic mass is 10.0. The van der Waals surface area contributed by atoms with E-state index in [4.69, 9.17) is 0 Å². The number of pyridine rings is 1. The number of aliphatic hydroxyl groups excluding tert-OH is 1. The van der Waals surface area contributed by atoms with Crippen LogP contribution in [0.3, 0.4) is 0 Å². The quantitative estimate of drug-likeness (QED) is 0.882. The Morgan fingerprint density at radius 1 is 1.30 bits per heavy atom. The summed E-state index contributed by atoms with van der Waals surface area (Å²) in [5.41, 5.74) is 0.592. The van der Waals surface area contributed by atoms with E-state index in [-0.39, 0.29) is 35.3 Å². The predicted octanol–water partition coefficient (Wildman–Crippen LogP) is 1.77. The second-order valence-corrected chi connectivity index (χ2v) is 5.54. The Kier molecular flexibility index (Phi) is 5.28. The number of hydrogen-bond donors (Lipinski definition) is 2. The molecule has 1 amide bonds. The Bertz CT molecular complexity index is 740.